The molecule has 1 aromatic heterocycles. The Labute approximate surface area is 180 Å². The number of nitrogens with zero attached hydrogens (tertiary/aromatic N) is 4. The van der Waals surface area contributed by atoms with Crippen molar-refractivity contribution in [2.24, 2.45) is 10.9 Å². The number of nitrogens with one attached hydrogen (secondary N) is 2. The molecule has 0 aromatic carbocycles. The van der Waals surface area contributed by atoms with Crippen LogP contribution >= 0.6 is 24.0 Å². The summed E-state index contributed by atoms with van der Waals surface area (Å²) in [5.74, 6) is 3.73. The van der Waals surface area contributed by atoms with Gasteiger partial charge in [-0.3, -0.25) is 4.99 Å². The second-order valence-electron chi connectivity index (χ2n) is 7.58. The Morgan fingerprint density at radius 3 is 2.81 bits per heavy atom. The van der Waals surface area contributed by atoms with Crippen LogP contribution in [0.1, 0.15) is 63.0 Å². The monoisotopic (exact) mass is 490 g/mol. The van der Waals surface area contributed by atoms with Crippen molar-refractivity contribution in [3.8, 4) is 0 Å². The summed E-state index contributed by atoms with van der Waals surface area (Å²) in [6.07, 6.45) is 11.7. The summed E-state index contributed by atoms with van der Waals surface area (Å²) in [7, 11) is 3.52. The fourth-order valence-electron chi connectivity index (χ4n) is 4.12. The molecule has 3 rings (SSSR count). The first kappa shape index (κ1) is 22.4. The van der Waals surface area contributed by atoms with Gasteiger partial charge in [-0.25, -0.2) is 9.67 Å². The molecular weight excluding hydrogens is 455 g/mol. The molecule has 1 unspecified atom stereocenters. The first-order valence-corrected chi connectivity index (χ1v) is 10.2. The molecule has 0 radical (unpaired) electrons. The van der Waals surface area contributed by atoms with E-state index >= 15 is 0 Å². The zero-order valence-corrected chi connectivity index (χ0v) is 19.1. The predicted molar refractivity (Wildman–Crippen MR) is 119 cm³/mol. The van der Waals surface area contributed by atoms with Gasteiger partial charge in [-0.05, 0) is 18.8 Å². The summed E-state index contributed by atoms with van der Waals surface area (Å²) in [5.41, 5.74) is 0. The standard InChI is InChI=1S/C19H34N6O.HI/c1-20-19(21-12-6-5-9-15-7-3-4-8-15)22-16-10-11-18-23-17(14-26-2)24-25(18)13-16;/h15-16H,3-14H2,1-2H3,(H2,20,21,22);1H. The third kappa shape index (κ3) is 6.89. The van der Waals surface area contributed by atoms with Crippen LogP contribution in [0.5, 0.6) is 0 Å². The van der Waals surface area contributed by atoms with Gasteiger partial charge >= 0.3 is 0 Å². The zero-order chi connectivity index (χ0) is 18.2. The molecule has 1 atom stereocenters. The van der Waals surface area contributed by atoms with Gasteiger partial charge in [0, 0.05) is 33.2 Å². The van der Waals surface area contributed by atoms with Crippen molar-refractivity contribution in [2.45, 2.75) is 77.0 Å². The van der Waals surface area contributed by atoms with E-state index in [1.807, 2.05) is 11.7 Å². The van der Waals surface area contributed by atoms with Crippen molar-refractivity contribution in [3.63, 3.8) is 0 Å². The molecule has 8 heteroatoms. The van der Waals surface area contributed by atoms with Crippen LogP contribution in [0, 0.1) is 5.92 Å². The summed E-state index contributed by atoms with van der Waals surface area (Å²) in [6.45, 7) is 2.29. The van der Waals surface area contributed by atoms with E-state index in [0.29, 0.717) is 12.6 Å². The SMILES string of the molecule is CN=C(NCCCCC1CCCC1)NC1CCc2nc(COC)nn2C1.I. The maximum Gasteiger partial charge on any atom is 0.191 e. The molecule has 7 nitrogen and oxygen atoms in total. The van der Waals surface area contributed by atoms with Gasteiger partial charge in [-0.15, -0.1) is 24.0 Å². The lowest BCUT2D eigenvalue weighted by Gasteiger charge is -2.25. The number of fused-ring (bicyclic) bond motifs is 1. The maximum atomic E-state index is 5.13. The van der Waals surface area contributed by atoms with Crippen LogP contribution in [-0.2, 0) is 24.3 Å². The van der Waals surface area contributed by atoms with Crippen molar-refractivity contribution in [1.29, 1.82) is 0 Å². The molecule has 2 heterocycles. The normalized spacial score (nSPS) is 20.2. The number of ether oxygens (including phenoxy) is 1. The lowest BCUT2D eigenvalue weighted by atomic mass is 10.0. The Morgan fingerprint density at radius 2 is 2.07 bits per heavy atom. The minimum atomic E-state index is 0. The second kappa shape index (κ2) is 11.8. The minimum Gasteiger partial charge on any atom is -0.377 e. The molecule has 1 saturated carbocycles. The number of aryl methyl sites for hydroxylation is 1. The van der Waals surface area contributed by atoms with E-state index in [2.05, 4.69) is 25.7 Å². The second-order valence-corrected chi connectivity index (χ2v) is 7.58. The van der Waals surface area contributed by atoms with E-state index in [1.165, 1.54) is 44.9 Å². The van der Waals surface area contributed by atoms with Crippen LogP contribution < -0.4 is 10.6 Å². The van der Waals surface area contributed by atoms with Crippen molar-refractivity contribution >= 4 is 29.9 Å². The van der Waals surface area contributed by atoms with E-state index in [0.717, 1.165) is 49.5 Å². The third-order valence-electron chi connectivity index (χ3n) is 5.55. The van der Waals surface area contributed by atoms with Gasteiger partial charge in [0.05, 0.1) is 6.54 Å². The molecule has 1 fully saturated rings. The molecule has 1 aliphatic heterocycles. The molecule has 0 amide bonds. The molecule has 0 bridgehead atoms. The van der Waals surface area contributed by atoms with Crippen LogP contribution in [0.25, 0.3) is 0 Å². The number of hydrogen-bond donors (Lipinski definition) is 2. The van der Waals surface area contributed by atoms with Gasteiger partial charge in [0.15, 0.2) is 11.8 Å². The van der Waals surface area contributed by atoms with E-state index in [-0.39, 0.29) is 24.0 Å². The first-order valence-electron chi connectivity index (χ1n) is 10.2. The summed E-state index contributed by atoms with van der Waals surface area (Å²) in [6, 6.07) is 0.337. The number of hydrogen-bond acceptors (Lipinski definition) is 4. The van der Waals surface area contributed by atoms with Gasteiger partial charge in [0.1, 0.15) is 12.4 Å². The van der Waals surface area contributed by atoms with Crippen molar-refractivity contribution < 1.29 is 4.74 Å². The summed E-state index contributed by atoms with van der Waals surface area (Å²) < 4.78 is 7.13. The van der Waals surface area contributed by atoms with E-state index in [4.69, 9.17) is 4.74 Å². The Morgan fingerprint density at radius 1 is 1.26 bits per heavy atom. The van der Waals surface area contributed by atoms with Gasteiger partial charge in [-0.2, -0.15) is 5.10 Å². The molecule has 2 N–H and O–H groups in total. The lowest BCUT2D eigenvalue weighted by molar-refractivity contribution is 0.177. The maximum absolute atomic E-state index is 5.13. The Bertz CT molecular complexity index is 585. The number of guanidine groups is 1. The Kier molecular flexibility index (Phi) is 9.81. The Balaban J connectivity index is 0.00000261. The number of halogens is 1. The van der Waals surface area contributed by atoms with E-state index in [1.54, 1.807) is 7.11 Å². The molecule has 1 aromatic rings. The average Bonchev–Trinajstić information content (AvgIpc) is 3.29. The molecule has 154 valence electrons. The molecule has 2 aliphatic rings. The molecule has 27 heavy (non-hydrogen) atoms. The van der Waals surface area contributed by atoms with Gasteiger partial charge < -0.3 is 15.4 Å². The van der Waals surface area contributed by atoms with Crippen LogP contribution in [0.2, 0.25) is 0 Å². The third-order valence-corrected chi connectivity index (χ3v) is 5.55. The predicted octanol–water partition coefficient (Wildman–Crippen LogP) is 2.88. The number of unbranched alkanes of at least 4 members (excludes halogenated alkanes) is 1. The van der Waals surface area contributed by atoms with Crippen LogP contribution in [0.15, 0.2) is 4.99 Å². The molecule has 0 spiro atoms. The fraction of sp³-hybridized carbons (Fsp3) is 0.842. The number of methoxy groups -OCH3 is 1. The Hall–Kier alpha value is -0.900. The van der Waals surface area contributed by atoms with Gasteiger partial charge in [-0.1, -0.05) is 38.5 Å². The molecular formula is C19H35IN6O. The smallest absolute Gasteiger partial charge is 0.191 e. The number of aromatic nitrogens is 3. The van der Waals surface area contributed by atoms with Gasteiger partial charge in [0.25, 0.3) is 0 Å². The van der Waals surface area contributed by atoms with Crippen LogP contribution in [-0.4, -0.2) is 47.5 Å². The fourth-order valence-corrected chi connectivity index (χ4v) is 4.12. The lowest BCUT2D eigenvalue weighted by Crippen LogP contribution is -2.47. The highest BCUT2D eigenvalue weighted by molar-refractivity contribution is 14.0. The van der Waals surface area contributed by atoms with Crippen LogP contribution in [0.4, 0.5) is 0 Å². The average molecular weight is 490 g/mol. The quantitative estimate of drug-likeness (QED) is 0.254. The summed E-state index contributed by atoms with van der Waals surface area (Å²) >= 11 is 0. The van der Waals surface area contributed by atoms with Crippen molar-refractivity contribution in [3.05, 3.63) is 11.6 Å². The highest BCUT2D eigenvalue weighted by Crippen LogP contribution is 2.28. The zero-order valence-electron chi connectivity index (χ0n) is 16.7. The molecule has 0 saturated heterocycles. The van der Waals surface area contributed by atoms with Crippen molar-refractivity contribution in [1.82, 2.24) is 25.4 Å². The van der Waals surface area contributed by atoms with E-state index < -0.39 is 0 Å². The topological polar surface area (TPSA) is 76.4 Å². The van der Waals surface area contributed by atoms with E-state index in [9.17, 15) is 0 Å². The largest absolute Gasteiger partial charge is 0.377 e. The number of aliphatic imine (C=N–C) groups is 1. The number of rotatable bonds is 8. The van der Waals surface area contributed by atoms with Gasteiger partial charge in [0.2, 0.25) is 0 Å². The molecule has 1 aliphatic carbocycles. The summed E-state index contributed by atoms with van der Waals surface area (Å²) in [4.78, 5) is 8.91. The first-order chi connectivity index (χ1) is 12.8. The highest BCUT2D eigenvalue weighted by Gasteiger charge is 2.22. The van der Waals surface area contributed by atoms with Crippen LogP contribution in [0.3, 0.4) is 0 Å². The highest BCUT2D eigenvalue weighted by atomic mass is 127. The minimum absolute atomic E-state index is 0. The summed E-state index contributed by atoms with van der Waals surface area (Å²) in [5, 5.41) is 11.5. The van der Waals surface area contributed by atoms with Crippen molar-refractivity contribution in [2.75, 3.05) is 20.7 Å².